The summed E-state index contributed by atoms with van der Waals surface area (Å²) in [4.78, 5) is 23.8. The molecule has 4 heteroatoms. The van der Waals surface area contributed by atoms with Crippen molar-refractivity contribution in [3.8, 4) is 0 Å². The topological polar surface area (TPSA) is 57.6 Å². The SMILES string of the molecule is O=C(O)C1=CN(C2CC2)CCC1=O. The highest BCUT2D eigenvalue weighted by Gasteiger charge is 2.32. The van der Waals surface area contributed by atoms with Crippen LogP contribution < -0.4 is 0 Å². The first-order valence-electron chi connectivity index (χ1n) is 4.42. The molecule has 0 unspecified atom stereocenters. The number of rotatable bonds is 2. The van der Waals surface area contributed by atoms with E-state index in [0.717, 1.165) is 12.8 Å². The number of carboxylic acid groups (broad SMARTS) is 1. The van der Waals surface area contributed by atoms with E-state index in [1.807, 2.05) is 4.90 Å². The van der Waals surface area contributed by atoms with Crippen LogP contribution in [0.5, 0.6) is 0 Å². The van der Waals surface area contributed by atoms with Gasteiger partial charge in [0.05, 0.1) is 0 Å². The fourth-order valence-corrected chi connectivity index (χ4v) is 1.54. The van der Waals surface area contributed by atoms with E-state index in [0.29, 0.717) is 19.0 Å². The standard InChI is InChI=1S/C9H11NO3/c11-8-3-4-10(6-1-2-6)5-7(8)9(12)13/h5-6H,1-4H2,(H,12,13). The van der Waals surface area contributed by atoms with Gasteiger partial charge in [0, 0.05) is 25.2 Å². The monoisotopic (exact) mass is 181 g/mol. The van der Waals surface area contributed by atoms with E-state index in [2.05, 4.69) is 0 Å². The van der Waals surface area contributed by atoms with E-state index in [1.54, 1.807) is 0 Å². The highest BCUT2D eigenvalue weighted by Crippen LogP contribution is 2.29. The molecular formula is C9H11NO3. The van der Waals surface area contributed by atoms with Gasteiger partial charge in [-0.05, 0) is 12.8 Å². The number of carbonyl (C=O) groups excluding carboxylic acids is 1. The van der Waals surface area contributed by atoms with Crippen LogP contribution >= 0.6 is 0 Å². The maximum absolute atomic E-state index is 11.1. The molecule has 2 rings (SSSR count). The second-order valence-corrected chi connectivity index (χ2v) is 3.49. The average molecular weight is 181 g/mol. The zero-order valence-corrected chi connectivity index (χ0v) is 7.19. The van der Waals surface area contributed by atoms with Crippen LogP contribution in [0.15, 0.2) is 11.8 Å². The molecule has 0 radical (unpaired) electrons. The zero-order chi connectivity index (χ0) is 9.42. The Hall–Kier alpha value is -1.32. The highest BCUT2D eigenvalue weighted by atomic mass is 16.4. The van der Waals surface area contributed by atoms with E-state index in [9.17, 15) is 9.59 Å². The van der Waals surface area contributed by atoms with Crippen molar-refractivity contribution >= 4 is 11.8 Å². The smallest absolute Gasteiger partial charge is 0.340 e. The highest BCUT2D eigenvalue weighted by molar-refractivity contribution is 6.16. The van der Waals surface area contributed by atoms with Crippen molar-refractivity contribution in [3.05, 3.63) is 11.8 Å². The summed E-state index contributed by atoms with van der Waals surface area (Å²) in [5.74, 6) is -1.35. The Morgan fingerprint density at radius 1 is 1.54 bits per heavy atom. The largest absolute Gasteiger partial charge is 0.478 e. The lowest BCUT2D eigenvalue weighted by Crippen LogP contribution is -2.31. The summed E-state index contributed by atoms with van der Waals surface area (Å²) in [5.41, 5.74) is -0.0573. The number of ketones is 1. The van der Waals surface area contributed by atoms with Gasteiger partial charge in [-0.2, -0.15) is 0 Å². The Balaban J connectivity index is 2.18. The molecule has 0 saturated heterocycles. The molecule has 1 fully saturated rings. The molecule has 2 aliphatic rings. The maximum atomic E-state index is 11.1. The molecule has 0 aromatic rings. The van der Waals surface area contributed by atoms with Crippen molar-refractivity contribution in [1.82, 2.24) is 4.90 Å². The normalized spacial score (nSPS) is 22.9. The Labute approximate surface area is 75.8 Å². The van der Waals surface area contributed by atoms with Crippen LogP contribution in [0.4, 0.5) is 0 Å². The van der Waals surface area contributed by atoms with Gasteiger partial charge in [0.1, 0.15) is 5.57 Å². The van der Waals surface area contributed by atoms with Crippen molar-refractivity contribution in [3.63, 3.8) is 0 Å². The van der Waals surface area contributed by atoms with Gasteiger partial charge < -0.3 is 10.0 Å². The van der Waals surface area contributed by atoms with Crippen LogP contribution in [0.1, 0.15) is 19.3 Å². The van der Waals surface area contributed by atoms with Gasteiger partial charge in [-0.15, -0.1) is 0 Å². The van der Waals surface area contributed by atoms with Gasteiger partial charge in [-0.25, -0.2) is 4.79 Å². The maximum Gasteiger partial charge on any atom is 0.340 e. The third kappa shape index (κ3) is 1.56. The molecule has 0 spiro atoms. The van der Waals surface area contributed by atoms with Crippen LogP contribution in [0.3, 0.4) is 0 Å². The van der Waals surface area contributed by atoms with E-state index >= 15 is 0 Å². The summed E-state index contributed by atoms with van der Waals surface area (Å²) >= 11 is 0. The summed E-state index contributed by atoms with van der Waals surface area (Å²) < 4.78 is 0. The summed E-state index contributed by atoms with van der Waals surface area (Å²) in [6.45, 7) is 0.681. The van der Waals surface area contributed by atoms with E-state index in [4.69, 9.17) is 5.11 Å². The lowest BCUT2D eigenvalue weighted by molar-refractivity contribution is -0.135. The number of carboxylic acids is 1. The number of aliphatic carboxylic acids is 1. The lowest BCUT2D eigenvalue weighted by Gasteiger charge is -2.24. The minimum atomic E-state index is -1.10. The summed E-state index contributed by atoms with van der Waals surface area (Å²) in [7, 11) is 0. The molecule has 0 bridgehead atoms. The number of Topliss-reactive ketones (excluding diaryl/α,β-unsaturated/α-hetero) is 1. The summed E-state index contributed by atoms with van der Waals surface area (Å²) in [5, 5.41) is 8.71. The van der Waals surface area contributed by atoms with Crippen molar-refractivity contribution in [2.45, 2.75) is 25.3 Å². The minimum absolute atomic E-state index is 0.0573. The first-order chi connectivity index (χ1) is 6.18. The Morgan fingerprint density at radius 3 is 2.77 bits per heavy atom. The molecule has 0 atom stereocenters. The molecule has 1 aliphatic heterocycles. The summed E-state index contributed by atoms with van der Waals surface area (Å²) in [6, 6.07) is 0.488. The van der Waals surface area contributed by atoms with Gasteiger partial charge in [-0.3, -0.25) is 4.79 Å². The predicted octanol–water partition coefficient (Wildman–Crippen LogP) is 0.392. The van der Waals surface area contributed by atoms with E-state index in [1.165, 1.54) is 6.20 Å². The number of hydrogen-bond donors (Lipinski definition) is 1. The van der Waals surface area contributed by atoms with Crippen molar-refractivity contribution in [1.29, 1.82) is 0 Å². The van der Waals surface area contributed by atoms with Crippen LogP contribution in [-0.2, 0) is 9.59 Å². The second kappa shape index (κ2) is 2.87. The average Bonchev–Trinajstić information content (AvgIpc) is 2.87. The Morgan fingerprint density at radius 2 is 2.23 bits per heavy atom. The van der Waals surface area contributed by atoms with Gasteiger partial charge in [-0.1, -0.05) is 0 Å². The molecule has 1 N–H and O–H groups in total. The molecule has 13 heavy (non-hydrogen) atoms. The second-order valence-electron chi connectivity index (χ2n) is 3.49. The quantitative estimate of drug-likeness (QED) is 0.626. The first-order valence-corrected chi connectivity index (χ1v) is 4.42. The number of hydrogen-bond acceptors (Lipinski definition) is 3. The van der Waals surface area contributed by atoms with Gasteiger partial charge >= 0.3 is 5.97 Å². The molecule has 0 amide bonds. The molecule has 1 saturated carbocycles. The third-order valence-electron chi connectivity index (χ3n) is 2.44. The fraction of sp³-hybridized carbons (Fsp3) is 0.556. The Bertz CT molecular complexity index is 291. The van der Waals surface area contributed by atoms with Crippen LogP contribution in [-0.4, -0.2) is 34.3 Å². The lowest BCUT2D eigenvalue weighted by atomic mass is 10.1. The number of nitrogens with zero attached hydrogens (tertiary/aromatic N) is 1. The number of carbonyl (C=O) groups is 2. The summed E-state index contributed by atoms with van der Waals surface area (Å²) in [6.07, 6.45) is 4.09. The Kier molecular flexibility index (Phi) is 1.83. The van der Waals surface area contributed by atoms with Crippen LogP contribution in [0.2, 0.25) is 0 Å². The molecular weight excluding hydrogens is 170 g/mol. The fourth-order valence-electron chi connectivity index (χ4n) is 1.54. The third-order valence-corrected chi connectivity index (χ3v) is 2.44. The predicted molar refractivity (Wildman–Crippen MR) is 45.1 cm³/mol. The van der Waals surface area contributed by atoms with Crippen LogP contribution in [0, 0.1) is 0 Å². The molecule has 1 aliphatic carbocycles. The van der Waals surface area contributed by atoms with Crippen molar-refractivity contribution in [2.24, 2.45) is 0 Å². The van der Waals surface area contributed by atoms with E-state index < -0.39 is 5.97 Å². The zero-order valence-electron chi connectivity index (χ0n) is 7.19. The minimum Gasteiger partial charge on any atom is -0.478 e. The molecule has 4 nitrogen and oxygen atoms in total. The van der Waals surface area contributed by atoms with Gasteiger partial charge in [0.25, 0.3) is 0 Å². The van der Waals surface area contributed by atoms with E-state index in [-0.39, 0.29) is 11.4 Å². The molecule has 0 aromatic heterocycles. The molecule has 1 heterocycles. The first kappa shape index (κ1) is 8.29. The van der Waals surface area contributed by atoms with Crippen molar-refractivity contribution < 1.29 is 14.7 Å². The van der Waals surface area contributed by atoms with Crippen molar-refractivity contribution in [2.75, 3.05) is 6.54 Å². The van der Waals surface area contributed by atoms with Gasteiger partial charge in [0.2, 0.25) is 0 Å². The molecule has 70 valence electrons. The molecule has 0 aromatic carbocycles. The van der Waals surface area contributed by atoms with Crippen LogP contribution in [0.25, 0.3) is 0 Å². The van der Waals surface area contributed by atoms with Gasteiger partial charge in [0.15, 0.2) is 5.78 Å².